The van der Waals surface area contributed by atoms with Crippen molar-refractivity contribution in [1.29, 1.82) is 0 Å². The minimum absolute atomic E-state index is 0.306. The molecule has 0 atom stereocenters. The topological polar surface area (TPSA) is 56.8 Å². The number of anilines is 1. The lowest BCUT2D eigenvalue weighted by molar-refractivity contribution is 0.0385. The van der Waals surface area contributed by atoms with Crippen LogP contribution in [0.4, 0.5) is 5.69 Å². The van der Waals surface area contributed by atoms with E-state index in [1.54, 1.807) is 19.2 Å². The van der Waals surface area contributed by atoms with Crippen LogP contribution in [0.1, 0.15) is 16.8 Å². The standard InChI is InChI=1S/C14H21NO4/c1-15-13-6-4-12(5-7-13)14(16)19-9-3-8-18-11-10-17-2/h4-7,15H,3,8-11H2,1-2H3. The van der Waals surface area contributed by atoms with Crippen molar-refractivity contribution < 1.29 is 19.0 Å². The predicted octanol–water partition coefficient (Wildman–Crippen LogP) is 1.94. The molecule has 0 unspecified atom stereocenters. The number of methoxy groups -OCH3 is 1. The first-order valence-corrected chi connectivity index (χ1v) is 6.29. The maximum Gasteiger partial charge on any atom is 0.338 e. The van der Waals surface area contributed by atoms with Crippen molar-refractivity contribution in [3.05, 3.63) is 29.8 Å². The van der Waals surface area contributed by atoms with Gasteiger partial charge in [-0.2, -0.15) is 0 Å². The molecule has 106 valence electrons. The van der Waals surface area contributed by atoms with Crippen LogP contribution >= 0.6 is 0 Å². The lowest BCUT2D eigenvalue weighted by Crippen LogP contribution is -2.09. The van der Waals surface area contributed by atoms with Crippen molar-refractivity contribution in [3.8, 4) is 0 Å². The van der Waals surface area contributed by atoms with E-state index >= 15 is 0 Å². The van der Waals surface area contributed by atoms with Gasteiger partial charge in [0.1, 0.15) is 0 Å². The first kappa shape index (κ1) is 15.5. The summed E-state index contributed by atoms with van der Waals surface area (Å²) in [6.07, 6.45) is 0.685. The molecule has 0 bridgehead atoms. The van der Waals surface area contributed by atoms with Gasteiger partial charge in [-0.05, 0) is 24.3 Å². The zero-order valence-electron chi connectivity index (χ0n) is 11.5. The molecular weight excluding hydrogens is 246 g/mol. The van der Waals surface area contributed by atoms with Crippen LogP contribution in [-0.4, -0.2) is 46.6 Å². The number of hydrogen-bond acceptors (Lipinski definition) is 5. The van der Waals surface area contributed by atoms with Crippen LogP contribution in [0, 0.1) is 0 Å². The third kappa shape index (κ3) is 6.22. The van der Waals surface area contributed by atoms with E-state index in [-0.39, 0.29) is 5.97 Å². The summed E-state index contributed by atoms with van der Waals surface area (Å²) in [6, 6.07) is 7.15. The fourth-order valence-corrected chi connectivity index (χ4v) is 1.43. The summed E-state index contributed by atoms with van der Waals surface area (Å²) < 4.78 is 15.3. The van der Waals surface area contributed by atoms with E-state index in [2.05, 4.69) is 5.32 Å². The van der Waals surface area contributed by atoms with Gasteiger partial charge in [0.05, 0.1) is 25.4 Å². The molecule has 0 saturated carbocycles. The Bertz CT molecular complexity index is 364. The SMILES string of the molecule is CNc1ccc(C(=O)OCCCOCCOC)cc1. The minimum atomic E-state index is -0.306. The summed E-state index contributed by atoms with van der Waals surface area (Å²) in [6.45, 7) is 2.07. The monoisotopic (exact) mass is 267 g/mol. The van der Waals surface area contributed by atoms with E-state index in [0.717, 1.165) is 5.69 Å². The van der Waals surface area contributed by atoms with E-state index in [4.69, 9.17) is 14.2 Å². The summed E-state index contributed by atoms with van der Waals surface area (Å²) in [4.78, 5) is 11.7. The van der Waals surface area contributed by atoms with E-state index in [1.165, 1.54) is 0 Å². The molecule has 0 heterocycles. The number of esters is 1. The zero-order chi connectivity index (χ0) is 13.9. The second kappa shape index (κ2) is 9.35. The Kier molecular flexibility index (Phi) is 7.62. The Hall–Kier alpha value is -1.59. The highest BCUT2D eigenvalue weighted by atomic mass is 16.5. The summed E-state index contributed by atoms with van der Waals surface area (Å²) >= 11 is 0. The van der Waals surface area contributed by atoms with Crippen molar-refractivity contribution in [2.45, 2.75) is 6.42 Å². The molecule has 19 heavy (non-hydrogen) atoms. The van der Waals surface area contributed by atoms with Crippen LogP contribution in [0.15, 0.2) is 24.3 Å². The van der Waals surface area contributed by atoms with Gasteiger partial charge in [0.25, 0.3) is 0 Å². The number of hydrogen-bond donors (Lipinski definition) is 1. The molecule has 0 aliphatic heterocycles. The molecule has 0 spiro atoms. The van der Waals surface area contributed by atoms with Gasteiger partial charge in [-0.25, -0.2) is 4.79 Å². The van der Waals surface area contributed by atoms with Crippen molar-refractivity contribution in [1.82, 2.24) is 0 Å². The quantitative estimate of drug-likeness (QED) is 0.547. The first-order chi connectivity index (χ1) is 9.27. The number of rotatable bonds is 9. The average molecular weight is 267 g/mol. The van der Waals surface area contributed by atoms with Gasteiger partial charge < -0.3 is 19.5 Å². The maximum atomic E-state index is 11.7. The zero-order valence-corrected chi connectivity index (χ0v) is 11.5. The molecule has 0 saturated heterocycles. The number of carbonyl (C=O) groups excluding carboxylic acids is 1. The molecule has 1 aromatic carbocycles. The van der Waals surface area contributed by atoms with Crippen LogP contribution in [0.25, 0.3) is 0 Å². The molecule has 1 rings (SSSR count). The average Bonchev–Trinajstić information content (AvgIpc) is 2.46. The number of ether oxygens (including phenoxy) is 3. The molecule has 1 N–H and O–H groups in total. The van der Waals surface area contributed by atoms with Gasteiger partial charge in [-0.3, -0.25) is 0 Å². The molecule has 0 aromatic heterocycles. The Morgan fingerprint density at radius 3 is 2.47 bits per heavy atom. The smallest absolute Gasteiger partial charge is 0.338 e. The van der Waals surface area contributed by atoms with Gasteiger partial charge in [-0.1, -0.05) is 0 Å². The number of carbonyl (C=O) groups is 1. The molecule has 0 aliphatic rings. The lowest BCUT2D eigenvalue weighted by atomic mass is 10.2. The highest BCUT2D eigenvalue weighted by Crippen LogP contribution is 2.09. The maximum absolute atomic E-state index is 11.7. The van der Waals surface area contributed by atoms with E-state index in [9.17, 15) is 4.79 Å². The molecule has 0 radical (unpaired) electrons. The number of nitrogens with one attached hydrogen (secondary N) is 1. The van der Waals surface area contributed by atoms with Crippen LogP contribution in [0.2, 0.25) is 0 Å². The van der Waals surface area contributed by atoms with E-state index in [0.29, 0.717) is 38.4 Å². The minimum Gasteiger partial charge on any atom is -0.462 e. The van der Waals surface area contributed by atoms with Crippen molar-refractivity contribution in [2.24, 2.45) is 0 Å². The summed E-state index contributed by atoms with van der Waals surface area (Å²) in [7, 11) is 3.46. The van der Waals surface area contributed by atoms with Crippen LogP contribution < -0.4 is 5.32 Å². The van der Waals surface area contributed by atoms with Crippen LogP contribution in [0.5, 0.6) is 0 Å². The summed E-state index contributed by atoms with van der Waals surface area (Å²) in [5.74, 6) is -0.306. The van der Waals surface area contributed by atoms with Gasteiger partial charge >= 0.3 is 5.97 Å². The Morgan fingerprint density at radius 2 is 1.84 bits per heavy atom. The molecular formula is C14H21NO4. The van der Waals surface area contributed by atoms with E-state index in [1.807, 2.05) is 19.2 Å². The van der Waals surface area contributed by atoms with Crippen LogP contribution in [0.3, 0.4) is 0 Å². The van der Waals surface area contributed by atoms with Gasteiger partial charge in [0, 0.05) is 32.9 Å². The van der Waals surface area contributed by atoms with E-state index < -0.39 is 0 Å². The highest BCUT2D eigenvalue weighted by Gasteiger charge is 2.06. The van der Waals surface area contributed by atoms with Gasteiger partial charge in [0.2, 0.25) is 0 Å². The Balaban J connectivity index is 2.16. The van der Waals surface area contributed by atoms with Crippen molar-refractivity contribution >= 4 is 11.7 Å². The Labute approximate surface area is 113 Å². The molecule has 0 amide bonds. The third-order valence-corrected chi connectivity index (χ3v) is 2.51. The second-order valence-corrected chi connectivity index (χ2v) is 3.92. The van der Waals surface area contributed by atoms with Crippen LogP contribution in [-0.2, 0) is 14.2 Å². The summed E-state index contributed by atoms with van der Waals surface area (Å²) in [5, 5.41) is 2.99. The lowest BCUT2D eigenvalue weighted by Gasteiger charge is -2.06. The third-order valence-electron chi connectivity index (χ3n) is 2.51. The van der Waals surface area contributed by atoms with Gasteiger partial charge in [-0.15, -0.1) is 0 Å². The van der Waals surface area contributed by atoms with Gasteiger partial charge in [0.15, 0.2) is 0 Å². The fourth-order valence-electron chi connectivity index (χ4n) is 1.43. The van der Waals surface area contributed by atoms with Crippen molar-refractivity contribution in [2.75, 3.05) is 45.9 Å². The molecule has 0 fully saturated rings. The molecule has 5 heteroatoms. The highest BCUT2D eigenvalue weighted by molar-refractivity contribution is 5.89. The molecule has 0 aliphatic carbocycles. The molecule has 5 nitrogen and oxygen atoms in total. The summed E-state index contributed by atoms with van der Waals surface area (Å²) in [5.41, 5.74) is 1.52. The largest absolute Gasteiger partial charge is 0.462 e. The normalized spacial score (nSPS) is 10.2. The fraction of sp³-hybridized carbons (Fsp3) is 0.500. The Morgan fingerprint density at radius 1 is 1.11 bits per heavy atom. The van der Waals surface area contributed by atoms with Crippen molar-refractivity contribution in [3.63, 3.8) is 0 Å². The second-order valence-electron chi connectivity index (χ2n) is 3.92. The predicted molar refractivity (Wildman–Crippen MR) is 73.6 cm³/mol. The first-order valence-electron chi connectivity index (χ1n) is 6.29. The molecule has 1 aromatic rings. The number of benzene rings is 1.